The summed E-state index contributed by atoms with van der Waals surface area (Å²) in [6.07, 6.45) is 2.30. The minimum atomic E-state index is 1.00. The van der Waals surface area contributed by atoms with E-state index in [1.807, 2.05) is 11.3 Å². The van der Waals surface area contributed by atoms with Gasteiger partial charge < -0.3 is 4.90 Å². The van der Waals surface area contributed by atoms with Crippen LogP contribution in [0, 0.1) is 0 Å². The second-order valence-corrected chi connectivity index (χ2v) is 6.52. The van der Waals surface area contributed by atoms with Crippen molar-refractivity contribution in [2.45, 2.75) is 26.3 Å². The molecule has 1 aliphatic rings. The van der Waals surface area contributed by atoms with Gasteiger partial charge in [-0.05, 0) is 25.0 Å². The van der Waals surface area contributed by atoms with Crippen LogP contribution < -0.4 is 4.90 Å². The maximum Gasteiger partial charge on any atom is 0.0928 e. The standard InChI is InChI=1S/C17H23N3S/c1-2-6-17-18-15(14-21-17)13-19-9-11-20(12-10-19)16-7-4-3-5-8-16/h3-5,7-8,14H,2,6,9-13H2,1H3. The monoisotopic (exact) mass is 301 g/mol. The highest BCUT2D eigenvalue weighted by molar-refractivity contribution is 7.09. The van der Waals surface area contributed by atoms with Gasteiger partial charge in [0.05, 0.1) is 10.7 Å². The lowest BCUT2D eigenvalue weighted by atomic mass is 10.2. The third-order valence-electron chi connectivity index (χ3n) is 3.94. The van der Waals surface area contributed by atoms with Crippen molar-refractivity contribution in [2.75, 3.05) is 31.1 Å². The first-order valence-corrected chi connectivity index (χ1v) is 8.69. The van der Waals surface area contributed by atoms with Crippen LogP contribution in [0.5, 0.6) is 0 Å². The number of nitrogens with zero attached hydrogens (tertiary/aromatic N) is 3. The number of anilines is 1. The Bertz CT molecular complexity index is 544. The van der Waals surface area contributed by atoms with E-state index in [2.05, 4.69) is 52.4 Å². The highest BCUT2D eigenvalue weighted by Gasteiger charge is 2.17. The van der Waals surface area contributed by atoms with Crippen molar-refractivity contribution in [3.05, 3.63) is 46.4 Å². The van der Waals surface area contributed by atoms with Crippen molar-refractivity contribution in [2.24, 2.45) is 0 Å². The fourth-order valence-electron chi connectivity index (χ4n) is 2.78. The van der Waals surface area contributed by atoms with Gasteiger partial charge in [-0.3, -0.25) is 4.90 Å². The number of piperazine rings is 1. The molecule has 2 aromatic rings. The number of rotatable bonds is 5. The summed E-state index contributed by atoms with van der Waals surface area (Å²) in [6.45, 7) is 7.67. The second-order valence-electron chi connectivity index (χ2n) is 5.58. The molecule has 1 aromatic carbocycles. The van der Waals surface area contributed by atoms with E-state index in [1.165, 1.54) is 22.8 Å². The summed E-state index contributed by atoms with van der Waals surface area (Å²) in [5.74, 6) is 0. The average Bonchev–Trinajstić information content (AvgIpc) is 2.97. The van der Waals surface area contributed by atoms with E-state index in [4.69, 9.17) is 4.98 Å². The molecule has 0 aliphatic carbocycles. The van der Waals surface area contributed by atoms with Gasteiger partial charge in [0.15, 0.2) is 0 Å². The predicted molar refractivity (Wildman–Crippen MR) is 90.0 cm³/mol. The Kier molecular flexibility index (Phi) is 4.88. The molecule has 0 radical (unpaired) electrons. The Balaban J connectivity index is 1.51. The van der Waals surface area contributed by atoms with Crippen LogP contribution in [0.15, 0.2) is 35.7 Å². The Morgan fingerprint density at radius 2 is 1.86 bits per heavy atom. The predicted octanol–water partition coefficient (Wildman–Crippen LogP) is 3.42. The summed E-state index contributed by atoms with van der Waals surface area (Å²) >= 11 is 1.81. The molecule has 2 heterocycles. The lowest BCUT2D eigenvalue weighted by Crippen LogP contribution is -2.46. The highest BCUT2D eigenvalue weighted by Crippen LogP contribution is 2.18. The van der Waals surface area contributed by atoms with E-state index >= 15 is 0 Å². The molecule has 0 atom stereocenters. The molecule has 0 amide bonds. The fourth-order valence-corrected chi connectivity index (χ4v) is 3.67. The Morgan fingerprint density at radius 1 is 1.10 bits per heavy atom. The summed E-state index contributed by atoms with van der Waals surface area (Å²) in [7, 11) is 0. The van der Waals surface area contributed by atoms with Gasteiger partial charge in [-0.1, -0.05) is 25.1 Å². The number of aryl methyl sites for hydroxylation is 1. The quantitative estimate of drug-likeness (QED) is 0.843. The van der Waals surface area contributed by atoms with E-state index in [0.717, 1.165) is 39.1 Å². The number of aromatic nitrogens is 1. The third-order valence-corrected chi connectivity index (χ3v) is 4.90. The number of hydrogen-bond acceptors (Lipinski definition) is 4. The molecule has 1 fully saturated rings. The van der Waals surface area contributed by atoms with Crippen LogP contribution in [-0.4, -0.2) is 36.1 Å². The maximum atomic E-state index is 4.73. The van der Waals surface area contributed by atoms with Gasteiger partial charge in [-0.15, -0.1) is 11.3 Å². The van der Waals surface area contributed by atoms with E-state index < -0.39 is 0 Å². The number of para-hydroxylation sites is 1. The van der Waals surface area contributed by atoms with Crippen LogP contribution in [0.3, 0.4) is 0 Å². The average molecular weight is 301 g/mol. The zero-order valence-corrected chi connectivity index (χ0v) is 13.5. The first-order valence-electron chi connectivity index (χ1n) is 7.81. The molecule has 0 spiro atoms. The number of benzene rings is 1. The van der Waals surface area contributed by atoms with Crippen molar-refractivity contribution >= 4 is 17.0 Å². The number of hydrogen-bond donors (Lipinski definition) is 0. The van der Waals surface area contributed by atoms with Gasteiger partial charge in [0, 0.05) is 43.8 Å². The maximum absolute atomic E-state index is 4.73. The highest BCUT2D eigenvalue weighted by atomic mass is 32.1. The summed E-state index contributed by atoms with van der Waals surface area (Å²) in [6, 6.07) is 10.7. The molecule has 1 aliphatic heterocycles. The minimum absolute atomic E-state index is 1.00. The van der Waals surface area contributed by atoms with Crippen LogP contribution in [-0.2, 0) is 13.0 Å². The largest absolute Gasteiger partial charge is 0.369 e. The van der Waals surface area contributed by atoms with Crippen LogP contribution in [0.1, 0.15) is 24.0 Å². The van der Waals surface area contributed by atoms with Gasteiger partial charge >= 0.3 is 0 Å². The minimum Gasteiger partial charge on any atom is -0.369 e. The zero-order valence-electron chi connectivity index (χ0n) is 12.7. The SMILES string of the molecule is CCCc1nc(CN2CCN(c3ccccc3)CC2)cs1. The molecule has 0 unspecified atom stereocenters. The fraction of sp³-hybridized carbons (Fsp3) is 0.471. The van der Waals surface area contributed by atoms with Crippen LogP contribution in [0.2, 0.25) is 0 Å². The van der Waals surface area contributed by atoms with Crippen LogP contribution in [0.25, 0.3) is 0 Å². The molecule has 3 rings (SSSR count). The van der Waals surface area contributed by atoms with Crippen molar-refractivity contribution < 1.29 is 0 Å². The van der Waals surface area contributed by atoms with Crippen LogP contribution in [0.4, 0.5) is 5.69 Å². The Morgan fingerprint density at radius 3 is 2.57 bits per heavy atom. The second kappa shape index (κ2) is 7.05. The van der Waals surface area contributed by atoms with E-state index in [0.29, 0.717) is 0 Å². The molecule has 0 N–H and O–H groups in total. The van der Waals surface area contributed by atoms with Crippen molar-refractivity contribution in [1.82, 2.24) is 9.88 Å². The van der Waals surface area contributed by atoms with E-state index in [9.17, 15) is 0 Å². The van der Waals surface area contributed by atoms with Gasteiger partial charge in [0.25, 0.3) is 0 Å². The molecule has 0 saturated carbocycles. The molecule has 1 aromatic heterocycles. The summed E-state index contributed by atoms with van der Waals surface area (Å²) < 4.78 is 0. The lowest BCUT2D eigenvalue weighted by molar-refractivity contribution is 0.247. The lowest BCUT2D eigenvalue weighted by Gasteiger charge is -2.35. The van der Waals surface area contributed by atoms with Crippen molar-refractivity contribution in [1.29, 1.82) is 0 Å². The van der Waals surface area contributed by atoms with E-state index in [1.54, 1.807) is 0 Å². The Hall–Kier alpha value is -1.39. The zero-order chi connectivity index (χ0) is 14.5. The smallest absolute Gasteiger partial charge is 0.0928 e. The molecule has 0 bridgehead atoms. The summed E-state index contributed by atoms with van der Waals surface area (Å²) in [4.78, 5) is 9.72. The molecule has 1 saturated heterocycles. The topological polar surface area (TPSA) is 19.4 Å². The summed E-state index contributed by atoms with van der Waals surface area (Å²) in [5, 5.41) is 3.52. The Labute approximate surface area is 131 Å². The van der Waals surface area contributed by atoms with Crippen molar-refractivity contribution in [3.63, 3.8) is 0 Å². The first kappa shape index (κ1) is 14.5. The van der Waals surface area contributed by atoms with Gasteiger partial charge in [-0.25, -0.2) is 4.98 Å². The first-order chi connectivity index (χ1) is 10.3. The van der Waals surface area contributed by atoms with Gasteiger partial charge in [0.2, 0.25) is 0 Å². The van der Waals surface area contributed by atoms with Crippen LogP contribution >= 0.6 is 11.3 Å². The molecular formula is C17H23N3S. The van der Waals surface area contributed by atoms with Gasteiger partial charge in [-0.2, -0.15) is 0 Å². The number of thiazole rings is 1. The normalized spacial score (nSPS) is 16.3. The molecule has 4 heteroatoms. The molecule has 112 valence electrons. The molecule has 21 heavy (non-hydrogen) atoms. The van der Waals surface area contributed by atoms with Crippen molar-refractivity contribution in [3.8, 4) is 0 Å². The third kappa shape index (κ3) is 3.83. The molecular weight excluding hydrogens is 278 g/mol. The summed E-state index contributed by atoms with van der Waals surface area (Å²) in [5.41, 5.74) is 2.59. The van der Waals surface area contributed by atoms with Gasteiger partial charge in [0.1, 0.15) is 0 Å². The molecule has 3 nitrogen and oxygen atoms in total. The van der Waals surface area contributed by atoms with E-state index in [-0.39, 0.29) is 0 Å².